The van der Waals surface area contributed by atoms with Crippen LogP contribution >= 0.6 is 0 Å². The number of benzene rings is 3. The molecule has 43 heavy (non-hydrogen) atoms. The van der Waals surface area contributed by atoms with Gasteiger partial charge in [0.2, 0.25) is 10.0 Å². The third-order valence-electron chi connectivity index (χ3n) is 7.78. The first-order valence-corrected chi connectivity index (χ1v) is 17.1. The molecule has 0 saturated carbocycles. The summed E-state index contributed by atoms with van der Waals surface area (Å²) < 4.78 is 48.6. The van der Waals surface area contributed by atoms with E-state index in [0.717, 1.165) is 67.1 Å². The van der Waals surface area contributed by atoms with E-state index in [9.17, 15) is 8.42 Å². The third kappa shape index (κ3) is 11.2. The summed E-state index contributed by atoms with van der Waals surface area (Å²) in [5.41, 5.74) is 3.43. The Labute approximate surface area is 257 Å². The maximum atomic E-state index is 11.4. The van der Waals surface area contributed by atoms with Crippen LogP contribution in [0.15, 0.2) is 72.8 Å². The fraction of sp³-hybridized carbons (Fsp3) is 0.471. The second-order valence-corrected chi connectivity index (χ2v) is 12.8. The molecule has 8 nitrogen and oxygen atoms in total. The van der Waals surface area contributed by atoms with Crippen molar-refractivity contribution in [2.45, 2.75) is 44.6 Å². The van der Waals surface area contributed by atoms with Crippen molar-refractivity contribution in [1.82, 2.24) is 10.0 Å². The molecular formula is C34H46N2O6S. The smallest absolute Gasteiger partial charge is 0.208 e. The summed E-state index contributed by atoms with van der Waals surface area (Å²) in [6.07, 6.45) is 5.73. The molecule has 3 aromatic rings. The molecule has 0 bridgehead atoms. The summed E-state index contributed by atoms with van der Waals surface area (Å²) in [6.45, 7) is 4.79. The minimum Gasteiger partial charge on any atom is -0.496 e. The minimum atomic E-state index is -3.20. The summed E-state index contributed by atoms with van der Waals surface area (Å²) in [7, 11) is -1.52. The zero-order valence-electron chi connectivity index (χ0n) is 25.4. The van der Waals surface area contributed by atoms with E-state index in [1.54, 1.807) is 7.11 Å². The normalized spacial score (nSPS) is 17.0. The number of hydrogen-bond donors (Lipinski definition) is 2. The van der Waals surface area contributed by atoms with Gasteiger partial charge in [0.05, 0.1) is 39.8 Å². The average Bonchev–Trinajstić information content (AvgIpc) is 3.02. The summed E-state index contributed by atoms with van der Waals surface area (Å²) in [6, 6.07) is 24.4. The molecule has 234 valence electrons. The average molecular weight is 611 g/mol. The fourth-order valence-corrected chi connectivity index (χ4v) is 6.05. The van der Waals surface area contributed by atoms with Crippen molar-refractivity contribution in [3.8, 4) is 17.2 Å². The van der Waals surface area contributed by atoms with Gasteiger partial charge >= 0.3 is 0 Å². The summed E-state index contributed by atoms with van der Waals surface area (Å²) in [4.78, 5) is 0. The molecule has 1 aliphatic heterocycles. The number of nitrogens with one attached hydrogen (secondary N) is 2. The van der Waals surface area contributed by atoms with Crippen LogP contribution in [0.4, 0.5) is 0 Å². The number of rotatable bonds is 18. The molecule has 1 aliphatic rings. The lowest BCUT2D eigenvalue weighted by Crippen LogP contribution is -2.35. The minimum absolute atomic E-state index is 0.359. The quantitative estimate of drug-likeness (QED) is 0.188. The molecule has 9 heteroatoms. The van der Waals surface area contributed by atoms with Crippen LogP contribution in [0.25, 0.3) is 0 Å². The Morgan fingerprint density at radius 2 is 1.58 bits per heavy atom. The van der Waals surface area contributed by atoms with E-state index < -0.39 is 10.0 Å². The van der Waals surface area contributed by atoms with Crippen molar-refractivity contribution in [2.75, 3.05) is 52.8 Å². The number of para-hydroxylation sites is 2. The Kier molecular flexibility index (Phi) is 13.2. The number of piperidine rings is 1. The Bertz CT molecular complexity index is 1350. The van der Waals surface area contributed by atoms with Crippen LogP contribution in [-0.2, 0) is 27.8 Å². The highest BCUT2D eigenvalue weighted by Gasteiger charge is 2.26. The molecule has 2 N–H and O–H groups in total. The molecule has 1 fully saturated rings. The Hall–Kier alpha value is -3.11. The third-order valence-corrected chi connectivity index (χ3v) is 8.50. The van der Waals surface area contributed by atoms with Gasteiger partial charge in [0.25, 0.3) is 0 Å². The SMILES string of the molecule is COc1ccccc1COCCCOc1ccc([C@H]2CCNCC2CCCOc2ccccc2CCNS(C)(=O)=O)cc1. The molecule has 2 atom stereocenters. The molecule has 3 aromatic carbocycles. The second kappa shape index (κ2) is 17.3. The zero-order chi connectivity index (χ0) is 30.3. The predicted octanol–water partition coefficient (Wildman–Crippen LogP) is 5.32. The largest absolute Gasteiger partial charge is 0.496 e. The van der Waals surface area contributed by atoms with E-state index in [1.807, 2.05) is 48.5 Å². The van der Waals surface area contributed by atoms with Gasteiger partial charge in [-0.15, -0.1) is 0 Å². The highest BCUT2D eigenvalue weighted by Crippen LogP contribution is 2.34. The van der Waals surface area contributed by atoms with Crippen molar-refractivity contribution in [3.05, 3.63) is 89.5 Å². The van der Waals surface area contributed by atoms with Gasteiger partial charge in [0, 0.05) is 18.5 Å². The number of hydrogen-bond acceptors (Lipinski definition) is 7. The van der Waals surface area contributed by atoms with E-state index in [1.165, 1.54) is 11.8 Å². The topological polar surface area (TPSA) is 95.1 Å². The van der Waals surface area contributed by atoms with Crippen LogP contribution in [0.2, 0.25) is 0 Å². The van der Waals surface area contributed by atoms with Gasteiger partial charge in [0.15, 0.2) is 0 Å². The van der Waals surface area contributed by atoms with Gasteiger partial charge in [-0.3, -0.25) is 0 Å². The lowest BCUT2D eigenvalue weighted by Gasteiger charge is -2.33. The molecule has 1 unspecified atom stereocenters. The number of methoxy groups -OCH3 is 1. The fourth-order valence-electron chi connectivity index (χ4n) is 5.58. The van der Waals surface area contributed by atoms with Crippen LogP contribution in [-0.4, -0.2) is 61.2 Å². The molecule has 0 radical (unpaired) electrons. The summed E-state index contributed by atoms with van der Waals surface area (Å²) >= 11 is 0. The van der Waals surface area contributed by atoms with E-state index >= 15 is 0 Å². The van der Waals surface area contributed by atoms with E-state index in [2.05, 4.69) is 34.3 Å². The van der Waals surface area contributed by atoms with E-state index in [4.69, 9.17) is 18.9 Å². The Morgan fingerprint density at radius 1 is 0.860 bits per heavy atom. The van der Waals surface area contributed by atoms with Gasteiger partial charge in [0.1, 0.15) is 17.2 Å². The molecule has 1 saturated heterocycles. The van der Waals surface area contributed by atoms with Gasteiger partial charge in [-0.2, -0.15) is 0 Å². The highest BCUT2D eigenvalue weighted by molar-refractivity contribution is 7.88. The monoisotopic (exact) mass is 610 g/mol. The van der Waals surface area contributed by atoms with Crippen LogP contribution in [0, 0.1) is 5.92 Å². The van der Waals surface area contributed by atoms with E-state index in [0.29, 0.717) is 51.2 Å². The molecule has 0 aliphatic carbocycles. The lowest BCUT2D eigenvalue weighted by atomic mass is 9.79. The van der Waals surface area contributed by atoms with Crippen molar-refractivity contribution < 1.29 is 27.4 Å². The van der Waals surface area contributed by atoms with Gasteiger partial charge in [-0.05, 0) is 86.0 Å². The van der Waals surface area contributed by atoms with Crippen LogP contribution in [0.3, 0.4) is 0 Å². The lowest BCUT2D eigenvalue weighted by molar-refractivity contribution is 0.105. The first kappa shape index (κ1) is 32.8. The molecule has 0 spiro atoms. The Morgan fingerprint density at radius 3 is 2.35 bits per heavy atom. The first-order valence-electron chi connectivity index (χ1n) is 15.2. The van der Waals surface area contributed by atoms with Gasteiger partial charge < -0.3 is 24.3 Å². The molecular weight excluding hydrogens is 564 g/mol. The van der Waals surface area contributed by atoms with Crippen molar-refractivity contribution in [3.63, 3.8) is 0 Å². The summed E-state index contributed by atoms with van der Waals surface area (Å²) in [5, 5.41) is 3.57. The Balaban J connectivity index is 1.17. The van der Waals surface area contributed by atoms with E-state index in [-0.39, 0.29) is 0 Å². The predicted molar refractivity (Wildman–Crippen MR) is 171 cm³/mol. The molecule has 0 aromatic heterocycles. The second-order valence-electron chi connectivity index (χ2n) is 11.0. The molecule has 0 amide bonds. The maximum Gasteiger partial charge on any atom is 0.208 e. The van der Waals surface area contributed by atoms with Crippen LogP contribution < -0.4 is 24.2 Å². The zero-order valence-corrected chi connectivity index (χ0v) is 26.2. The van der Waals surface area contributed by atoms with Gasteiger partial charge in [-0.1, -0.05) is 48.5 Å². The van der Waals surface area contributed by atoms with Crippen molar-refractivity contribution in [2.24, 2.45) is 5.92 Å². The highest BCUT2D eigenvalue weighted by atomic mass is 32.2. The van der Waals surface area contributed by atoms with Crippen molar-refractivity contribution in [1.29, 1.82) is 0 Å². The molecule has 4 rings (SSSR count). The number of ether oxygens (including phenoxy) is 4. The molecule has 1 heterocycles. The summed E-state index contributed by atoms with van der Waals surface area (Å²) in [5.74, 6) is 3.61. The first-order chi connectivity index (χ1) is 20.9. The maximum absolute atomic E-state index is 11.4. The van der Waals surface area contributed by atoms with Crippen molar-refractivity contribution >= 4 is 10.0 Å². The van der Waals surface area contributed by atoms with Crippen LogP contribution in [0.1, 0.15) is 48.3 Å². The number of sulfonamides is 1. The van der Waals surface area contributed by atoms with Gasteiger partial charge in [-0.25, -0.2) is 13.1 Å². The standard InChI is InChI=1S/C34H46N2O6S/c1-39-33-12-5-4-10-30(33)26-40-22-8-24-41-31-16-14-27(15-17-31)32-19-20-35-25-29(32)11-7-23-42-34-13-6-3-9-28(34)18-21-36-43(2,37)38/h3-6,9-10,12-17,29,32,35-36H,7-8,11,18-26H2,1-2H3/t29?,32-/m1/s1. The van der Waals surface area contributed by atoms with Crippen LogP contribution in [0.5, 0.6) is 17.2 Å².